The summed E-state index contributed by atoms with van der Waals surface area (Å²) in [6, 6.07) is 0. The Morgan fingerprint density at radius 1 is 1.38 bits per heavy atom. The van der Waals surface area contributed by atoms with E-state index < -0.39 is 5.54 Å². The van der Waals surface area contributed by atoms with Gasteiger partial charge in [-0.15, -0.1) is 0 Å². The molecule has 0 bridgehead atoms. The maximum Gasteiger partial charge on any atom is 0.166 e. The van der Waals surface area contributed by atoms with Crippen molar-refractivity contribution < 1.29 is 9.59 Å². The topological polar surface area (TPSA) is 86.2 Å². The molecule has 0 saturated heterocycles. The number of rotatable bonds is 6. The highest BCUT2D eigenvalue weighted by Gasteiger charge is 2.32. The van der Waals surface area contributed by atoms with Gasteiger partial charge in [-0.25, -0.2) is 0 Å². The second-order valence-corrected chi connectivity index (χ2v) is 3.41. The summed E-state index contributed by atoms with van der Waals surface area (Å²) < 4.78 is 0. The van der Waals surface area contributed by atoms with Gasteiger partial charge in [0.15, 0.2) is 5.78 Å². The molecule has 1 atom stereocenters. The van der Waals surface area contributed by atoms with Crippen molar-refractivity contribution in [3.63, 3.8) is 0 Å². The van der Waals surface area contributed by atoms with Crippen LogP contribution in [0.1, 0.15) is 33.1 Å². The van der Waals surface area contributed by atoms with Crippen molar-refractivity contribution in [1.29, 1.82) is 0 Å². The fourth-order valence-electron chi connectivity index (χ4n) is 1.42. The molecule has 0 fully saturated rings. The van der Waals surface area contributed by atoms with Gasteiger partial charge in [0.2, 0.25) is 0 Å². The number of ketones is 2. The molecule has 0 aromatic rings. The summed E-state index contributed by atoms with van der Waals surface area (Å²) >= 11 is 0. The van der Waals surface area contributed by atoms with Crippen molar-refractivity contribution in [2.24, 2.45) is 11.5 Å². The summed E-state index contributed by atoms with van der Waals surface area (Å²) in [5.74, 6) is -0.303. The Balaban J connectivity index is 4.50. The van der Waals surface area contributed by atoms with E-state index in [9.17, 15) is 9.59 Å². The summed E-state index contributed by atoms with van der Waals surface area (Å²) in [6.45, 7) is 3.26. The van der Waals surface area contributed by atoms with Crippen molar-refractivity contribution in [1.82, 2.24) is 0 Å². The largest absolute Gasteiger partial charge is 0.324 e. The maximum absolute atomic E-state index is 11.4. The monoisotopic (exact) mass is 186 g/mol. The molecule has 4 nitrogen and oxygen atoms in total. The van der Waals surface area contributed by atoms with Gasteiger partial charge >= 0.3 is 0 Å². The second kappa shape index (κ2) is 5.09. The fraction of sp³-hybridized carbons (Fsp3) is 0.778. The highest BCUT2D eigenvalue weighted by Crippen LogP contribution is 2.15. The first-order valence-corrected chi connectivity index (χ1v) is 4.48. The smallest absolute Gasteiger partial charge is 0.166 e. The van der Waals surface area contributed by atoms with Gasteiger partial charge in [-0.3, -0.25) is 9.59 Å². The molecule has 0 aliphatic heterocycles. The van der Waals surface area contributed by atoms with Gasteiger partial charge in [-0.05, 0) is 13.3 Å². The lowest BCUT2D eigenvalue weighted by Gasteiger charge is -2.25. The zero-order valence-corrected chi connectivity index (χ0v) is 8.30. The van der Waals surface area contributed by atoms with Gasteiger partial charge in [0, 0.05) is 6.42 Å². The lowest BCUT2D eigenvalue weighted by molar-refractivity contribution is -0.127. The number of hydrogen-bond acceptors (Lipinski definition) is 4. The lowest BCUT2D eigenvalue weighted by Crippen LogP contribution is -2.51. The molecule has 0 heterocycles. The van der Waals surface area contributed by atoms with E-state index in [0.29, 0.717) is 6.42 Å². The molecule has 76 valence electrons. The predicted molar refractivity (Wildman–Crippen MR) is 51.2 cm³/mol. The van der Waals surface area contributed by atoms with Crippen LogP contribution >= 0.6 is 0 Å². The van der Waals surface area contributed by atoms with Crippen LogP contribution < -0.4 is 11.5 Å². The zero-order chi connectivity index (χ0) is 10.5. The first-order valence-electron chi connectivity index (χ1n) is 4.48. The Bertz CT molecular complexity index is 204. The van der Waals surface area contributed by atoms with E-state index in [1.165, 1.54) is 6.92 Å². The van der Waals surface area contributed by atoms with E-state index in [-0.39, 0.29) is 24.5 Å². The SMILES string of the molecule is CCCC(N)(CC(C)=O)C(=O)CN. The normalized spacial score (nSPS) is 15.1. The standard InChI is InChI=1S/C9H18N2O2/c1-3-4-9(11,5-7(2)12)8(13)6-10/h3-6,10-11H2,1-2H3. The van der Waals surface area contributed by atoms with Gasteiger partial charge < -0.3 is 11.5 Å². The van der Waals surface area contributed by atoms with Crippen LogP contribution in [0.3, 0.4) is 0 Å². The molecular weight excluding hydrogens is 168 g/mol. The predicted octanol–water partition coefficient (Wildman–Crippen LogP) is -0.00910. The third-order valence-corrected chi connectivity index (χ3v) is 2.00. The summed E-state index contributed by atoms with van der Waals surface area (Å²) in [5, 5.41) is 0. The molecule has 0 spiro atoms. The first-order chi connectivity index (χ1) is 5.96. The molecule has 1 unspecified atom stereocenters. The van der Waals surface area contributed by atoms with E-state index in [4.69, 9.17) is 11.5 Å². The molecule has 0 aromatic carbocycles. The van der Waals surface area contributed by atoms with E-state index in [0.717, 1.165) is 6.42 Å². The summed E-state index contributed by atoms with van der Waals surface area (Å²) in [7, 11) is 0. The van der Waals surface area contributed by atoms with Crippen molar-refractivity contribution in [2.45, 2.75) is 38.6 Å². The molecule has 0 amide bonds. The van der Waals surface area contributed by atoms with E-state index >= 15 is 0 Å². The van der Waals surface area contributed by atoms with Crippen LogP contribution in [0.15, 0.2) is 0 Å². The van der Waals surface area contributed by atoms with Crippen LogP contribution in [-0.4, -0.2) is 23.7 Å². The Morgan fingerprint density at radius 2 is 1.92 bits per heavy atom. The molecule has 0 rings (SSSR count). The van der Waals surface area contributed by atoms with Crippen LogP contribution in [-0.2, 0) is 9.59 Å². The van der Waals surface area contributed by atoms with Gasteiger partial charge in [-0.2, -0.15) is 0 Å². The summed E-state index contributed by atoms with van der Waals surface area (Å²) in [4.78, 5) is 22.2. The second-order valence-electron chi connectivity index (χ2n) is 3.41. The molecular formula is C9H18N2O2. The van der Waals surface area contributed by atoms with E-state index in [2.05, 4.69) is 0 Å². The minimum atomic E-state index is -1.03. The maximum atomic E-state index is 11.4. The highest BCUT2D eigenvalue weighted by molar-refractivity contribution is 5.94. The highest BCUT2D eigenvalue weighted by atomic mass is 16.1. The average Bonchev–Trinajstić information content (AvgIpc) is 2.02. The number of hydrogen-bond donors (Lipinski definition) is 2. The third kappa shape index (κ3) is 3.65. The molecule has 0 radical (unpaired) electrons. The van der Waals surface area contributed by atoms with Crippen molar-refractivity contribution in [3.05, 3.63) is 0 Å². The lowest BCUT2D eigenvalue weighted by atomic mass is 9.85. The summed E-state index contributed by atoms with van der Waals surface area (Å²) in [5.41, 5.74) is 10.0. The fourth-order valence-corrected chi connectivity index (χ4v) is 1.42. The molecule has 0 aromatic heterocycles. The number of carbonyl (C=O) groups excluding carboxylic acids is 2. The minimum absolute atomic E-state index is 0.0715. The molecule has 0 aliphatic carbocycles. The minimum Gasteiger partial charge on any atom is -0.324 e. The van der Waals surface area contributed by atoms with Gasteiger partial charge in [0.1, 0.15) is 5.78 Å². The Hall–Kier alpha value is -0.740. The quantitative estimate of drug-likeness (QED) is 0.611. The van der Waals surface area contributed by atoms with Crippen LogP contribution in [0.5, 0.6) is 0 Å². The van der Waals surface area contributed by atoms with Crippen molar-refractivity contribution in [3.8, 4) is 0 Å². The van der Waals surface area contributed by atoms with E-state index in [1.807, 2.05) is 6.92 Å². The molecule has 4 N–H and O–H groups in total. The Labute approximate surface area is 78.7 Å². The number of carbonyl (C=O) groups is 2. The van der Waals surface area contributed by atoms with Crippen LogP contribution in [0, 0.1) is 0 Å². The van der Waals surface area contributed by atoms with E-state index in [1.54, 1.807) is 0 Å². The van der Waals surface area contributed by atoms with Gasteiger partial charge in [0.05, 0.1) is 12.1 Å². The Morgan fingerprint density at radius 3 is 2.23 bits per heavy atom. The molecule has 0 saturated carbocycles. The number of Topliss-reactive ketones (excluding diaryl/α,β-unsaturated/α-hetero) is 2. The van der Waals surface area contributed by atoms with Crippen LogP contribution in [0.25, 0.3) is 0 Å². The van der Waals surface area contributed by atoms with Gasteiger partial charge in [0.25, 0.3) is 0 Å². The van der Waals surface area contributed by atoms with Crippen molar-refractivity contribution >= 4 is 11.6 Å². The third-order valence-electron chi connectivity index (χ3n) is 2.00. The van der Waals surface area contributed by atoms with Crippen molar-refractivity contribution in [2.75, 3.05) is 6.54 Å². The van der Waals surface area contributed by atoms with Crippen LogP contribution in [0.2, 0.25) is 0 Å². The number of nitrogens with two attached hydrogens (primary N) is 2. The Kier molecular flexibility index (Phi) is 4.80. The van der Waals surface area contributed by atoms with Crippen LogP contribution in [0.4, 0.5) is 0 Å². The average molecular weight is 186 g/mol. The molecule has 13 heavy (non-hydrogen) atoms. The summed E-state index contributed by atoms with van der Waals surface area (Å²) in [6.07, 6.45) is 1.38. The first kappa shape index (κ1) is 12.3. The zero-order valence-electron chi connectivity index (χ0n) is 8.30. The molecule has 4 heteroatoms. The molecule has 0 aliphatic rings. The van der Waals surface area contributed by atoms with Gasteiger partial charge in [-0.1, -0.05) is 13.3 Å².